The van der Waals surface area contributed by atoms with Crippen LogP contribution in [0.1, 0.15) is 24.3 Å². The normalized spacial score (nSPS) is 18.6. The molecule has 1 aliphatic carbocycles. The highest BCUT2D eigenvalue weighted by molar-refractivity contribution is 5.92. The molecular weight excluding hydrogens is 425 g/mol. The average Bonchev–Trinajstić information content (AvgIpc) is 3.11. The van der Waals surface area contributed by atoms with Crippen LogP contribution in [-0.2, 0) is 4.79 Å². The summed E-state index contributed by atoms with van der Waals surface area (Å²) < 4.78 is 41.8. The molecule has 5 N–H and O–H groups in total. The van der Waals surface area contributed by atoms with E-state index in [0.29, 0.717) is 35.0 Å². The van der Waals surface area contributed by atoms with Gasteiger partial charge >= 0.3 is 0 Å². The molecule has 32 heavy (non-hydrogen) atoms. The van der Waals surface area contributed by atoms with Gasteiger partial charge in [-0.1, -0.05) is 0 Å². The van der Waals surface area contributed by atoms with Gasteiger partial charge in [-0.05, 0) is 60.2 Å². The lowest BCUT2D eigenvalue weighted by atomic mass is 9.69. The molecule has 2 aromatic carbocycles. The van der Waals surface area contributed by atoms with Crippen molar-refractivity contribution in [2.24, 2.45) is 5.92 Å². The molecule has 1 amide bonds. The number of hydrogen-bond acceptors (Lipinski definition) is 4. The fourth-order valence-corrected chi connectivity index (χ4v) is 4.21. The lowest BCUT2D eigenvalue weighted by Gasteiger charge is -2.38. The minimum atomic E-state index is -1.52. The van der Waals surface area contributed by atoms with Crippen molar-refractivity contribution in [3.8, 4) is 11.3 Å². The van der Waals surface area contributed by atoms with Crippen molar-refractivity contribution in [2.45, 2.75) is 24.3 Å². The summed E-state index contributed by atoms with van der Waals surface area (Å²) in [5.41, 5.74) is 0.392. The Hall–Kier alpha value is -2.88. The van der Waals surface area contributed by atoms with Gasteiger partial charge in [0.2, 0.25) is 5.91 Å². The van der Waals surface area contributed by atoms with Crippen LogP contribution in [0.15, 0.2) is 36.4 Å². The molecule has 0 atom stereocenters. The molecule has 1 heterocycles. The second-order valence-electron chi connectivity index (χ2n) is 8.34. The zero-order chi connectivity index (χ0) is 23.0. The fraction of sp³-hybridized carbons (Fsp3) is 0.348. The number of fused-ring (bicyclic) bond motifs is 1. The maximum Gasteiger partial charge on any atom is 0.223 e. The number of aromatic nitrogens is 1. The van der Waals surface area contributed by atoms with Gasteiger partial charge in [-0.3, -0.25) is 4.79 Å². The first-order valence-corrected chi connectivity index (χ1v) is 10.2. The third kappa shape index (κ3) is 3.87. The van der Waals surface area contributed by atoms with Crippen LogP contribution in [0.25, 0.3) is 22.2 Å². The third-order valence-corrected chi connectivity index (χ3v) is 6.21. The van der Waals surface area contributed by atoms with Gasteiger partial charge in [0, 0.05) is 17.4 Å². The minimum absolute atomic E-state index is 0.133. The van der Waals surface area contributed by atoms with Crippen molar-refractivity contribution in [2.75, 3.05) is 19.8 Å². The summed E-state index contributed by atoms with van der Waals surface area (Å²) in [5.74, 6) is -3.00. The van der Waals surface area contributed by atoms with E-state index >= 15 is 0 Å². The SMILES string of the molecule is O=C(NC(CO)(CO)CO)[C@H]1C[C@H](c2c(-c3ccc(F)cc3)[nH]c3c(F)cc(F)cc32)C1. The van der Waals surface area contributed by atoms with Gasteiger partial charge < -0.3 is 25.6 Å². The molecule has 4 rings (SSSR count). The molecule has 6 nitrogen and oxygen atoms in total. The van der Waals surface area contributed by atoms with Gasteiger partial charge in [0.25, 0.3) is 0 Å². The molecule has 0 aliphatic heterocycles. The molecule has 170 valence electrons. The van der Waals surface area contributed by atoms with E-state index in [1.165, 1.54) is 18.2 Å². The van der Waals surface area contributed by atoms with Crippen molar-refractivity contribution in [1.82, 2.24) is 10.3 Å². The van der Waals surface area contributed by atoms with Crippen LogP contribution < -0.4 is 5.32 Å². The predicted molar refractivity (Wildman–Crippen MR) is 111 cm³/mol. The Kier molecular flexibility index (Phi) is 5.98. The van der Waals surface area contributed by atoms with Gasteiger partial charge in [-0.25, -0.2) is 13.2 Å². The highest BCUT2D eigenvalue weighted by Crippen LogP contribution is 2.48. The Morgan fingerprint density at radius 1 is 1.00 bits per heavy atom. The Balaban J connectivity index is 1.65. The van der Waals surface area contributed by atoms with Crippen molar-refractivity contribution in [1.29, 1.82) is 0 Å². The van der Waals surface area contributed by atoms with Gasteiger partial charge in [0.1, 0.15) is 23.0 Å². The Bertz CT molecular complexity index is 1130. The molecule has 0 radical (unpaired) electrons. The van der Waals surface area contributed by atoms with E-state index in [4.69, 9.17) is 0 Å². The molecule has 0 spiro atoms. The first-order valence-electron chi connectivity index (χ1n) is 10.2. The zero-order valence-electron chi connectivity index (χ0n) is 17.0. The highest BCUT2D eigenvalue weighted by Gasteiger charge is 2.41. The van der Waals surface area contributed by atoms with E-state index in [1.807, 2.05) is 0 Å². The van der Waals surface area contributed by atoms with Crippen molar-refractivity contribution >= 4 is 16.8 Å². The summed E-state index contributed by atoms with van der Waals surface area (Å²) in [5, 5.41) is 31.1. The van der Waals surface area contributed by atoms with Crippen LogP contribution in [0.2, 0.25) is 0 Å². The number of carbonyl (C=O) groups excluding carboxylic acids is 1. The van der Waals surface area contributed by atoms with E-state index in [1.54, 1.807) is 12.1 Å². The van der Waals surface area contributed by atoms with Crippen molar-refractivity contribution in [3.05, 3.63) is 59.4 Å². The maximum absolute atomic E-state index is 14.4. The van der Waals surface area contributed by atoms with E-state index in [9.17, 15) is 33.3 Å². The van der Waals surface area contributed by atoms with Crippen LogP contribution in [0.5, 0.6) is 0 Å². The summed E-state index contributed by atoms with van der Waals surface area (Å²) in [4.78, 5) is 15.6. The smallest absolute Gasteiger partial charge is 0.223 e. The summed E-state index contributed by atoms with van der Waals surface area (Å²) >= 11 is 0. The highest BCUT2D eigenvalue weighted by atomic mass is 19.1. The summed E-state index contributed by atoms with van der Waals surface area (Å²) in [6.45, 7) is -1.88. The van der Waals surface area contributed by atoms with Crippen LogP contribution in [0, 0.1) is 23.4 Å². The number of nitrogens with one attached hydrogen (secondary N) is 2. The molecule has 0 bridgehead atoms. The zero-order valence-corrected chi connectivity index (χ0v) is 17.0. The number of amides is 1. The number of aliphatic hydroxyl groups excluding tert-OH is 3. The fourth-order valence-electron chi connectivity index (χ4n) is 4.21. The number of aliphatic hydroxyl groups is 3. The second-order valence-corrected chi connectivity index (χ2v) is 8.34. The molecule has 1 saturated carbocycles. The standard InChI is InChI=1S/C23H23F3N2O4/c24-15-3-1-12(2-4-15)20-19(17-7-16(25)8-18(26)21(17)27-20)13-5-14(6-13)22(32)28-23(9-29,10-30)11-31/h1-4,7-8,13-14,27,29-31H,5-6,9-11H2,(H,28,32)/t13-,14-. The number of carbonyl (C=O) groups is 1. The van der Waals surface area contributed by atoms with Gasteiger partial charge in [0.15, 0.2) is 0 Å². The van der Waals surface area contributed by atoms with Crippen molar-refractivity contribution < 1.29 is 33.3 Å². The number of halogens is 3. The molecule has 1 aliphatic rings. The summed E-state index contributed by atoms with van der Waals surface area (Å²) in [7, 11) is 0. The lowest BCUT2D eigenvalue weighted by Crippen LogP contribution is -2.59. The number of H-pyrrole nitrogens is 1. The molecule has 1 fully saturated rings. The Morgan fingerprint density at radius 3 is 2.22 bits per heavy atom. The number of benzene rings is 2. The first kappa shape index (κ1) is 22.3. The Morgan fingerprint density at radius 2 is 1.62 bits per heavy atom. The molecule has 3 aromatic rings. The third-order valence-electron chi connectivity index (χ3n) is 6.21. The maximum atomic E-state index is 14.4. The van der Waals surface area contributed by atoms with Crippen LogP contribution in [-0.4, -0.2) is 51.6 Å². The minimum Gasteiger partial charge on any atom is -0.394 e. The molecule has 9 heteroatoms. The topological polar surface area (TPSA) is 106 Å². The monoisotopic (exact) mass is 448 g/mol. The van der Waals surface area contributed by atoms with Gasteiger partial charge in [0.05, 0.1) is 31.0 Å². The van der Waals surface area contributed by atoms with E-state index in [-0.39, 0.29) is 11.4 Å². The van der Waals surface area contributed by atoms with Crippen LogP contribution in [0.4, 0.5) is 13.2 Å². The van der Waals surface area contributed by atoms with Crippen LogP contribution >= 0.6 is 0 Å². The molecular formula is C23H23F3N2O4. The van der Waals surface area contributed by atoms with E-state index in [0.717, 1.165) is 6.07 Å². The van der Waals surface area contributed by atoms with Crippen LogP contribution in [0.3, 0.4) is 0 Å². The number of aromatic amines is 1. The molecule has 1 aromatic heterocycles. The van der Waals surface area contributed by atoms with E-state index < -0.39 is 54.6 Å². The van der Waals surface area contributed by atoms with E-state index in [2.05, 4.69) is 10.3 Å². The second kappa shape index (κ2) is 8.57. The van der Waals surface area contributed by atoms with Gasteiger partial charge in [-0.15, -0.1) is 0 Å². The quantitative estimate of drug-likeness (QED) is 0.383. The number of hydrogen-bond donors (Lipinski definition) is 5. The summed E-state index contributed by atoms with van der Waals surface area (Å²) in [6.07, 6.45) is 0.729. The largest absolute Gasteiger partial charge is 0.394 e. The van der Waals surface area contributed by atoms with Crippen molar-refractivity contribution in [3.63, 3.8) is 0 Å². The number of rotatable bonds is 7. The first-order chi connectivity index (χ1) is 15.3. The lowest BCUT2D eigenvalue weighted by molar-refractivity contribution is -0.132. The molecule has 0 unspecified atom stereocenters. The van der Waals surface area contributed by atoms with Gasteiger partial charge in [-0.2, -0.15) is 0 Å². The average molecular weight is 448 g/mol. The predicted octanol–water partition coefficient (Wildman–Crippen LogP) is 2.58. The molecule has 0 saturated heterocycles. The Labute approximate surface area is 181 Å². The summed E-state index contributed by atoms with van der Waals surface area (Å²) in [6, 6.07) is 7.65.